The van der Waals surface area contributed by atoms with Gasteiger partial charge in [-0.05, 0) is 29.0 Å². The van der Waals surface area contributed by atoms with E-state index in [0.717, 1.165) is 5.56 Å². The zero-order valence-corrected chi connectivity index (χ0v) is 10.5. The summed E-state index contributed by atoms with van der Waals surface area (Å²) in [6.07, 6.45) is 0. The highest BCUT2D eigenvalue weighted by Gasteiger charge is 2.07. The van der Waals surface area contributed by atoms with E-state index in [-0.39, 0.29) is 6.61 Å². The van der Waals surface area contributed by atoms with Gasteiger partial charge in [-0.2, -0.15) is 0 Å². The smallest absolute Gasteiger partial charge is 0.104 e. The second-order valence-electron chi connectivity index (χ2n) is 4.62. The summed E-state index contributed by atoms with van der Waals surface area (Å²) in [5, 5.41) is 8.73. The number of rotatable bonds is 2. The second kappa shape index (κ2) is 5.72. The molecule has 1 aromatic carbocycles. The summed E-state index contributed by atoms with van der Waals surface area (Å²) in [5.74, 6) is 6.72. The Kier molecular flexibility index (Phi) is 4.58. The third-order valence-electron chi connectivity index (χ3n) is 2.67. The molecule has 0 radical (unpaired) electrons. The van der Waals surface area contributed by atoms with E-state index in [1.807, 2.05) is 0 Å². The van der Waals surface area contributed by atoms with Crippen molar-refractivity contribution < 1.29 is 5.11 Å². The van der Waals surface area contributed by atoms with Gasteiger partial charge in [0.25, 0.3) is 0 Å². The summed E-state index contributed by atoms with van der Waals surface area (Å²) in [5.41, 5.74) is 3.65. The molecule has 1 N–H and O–H groups in total. The van der Waals surface area contributed by atoms with Crippen LogP contribution in [0.4, 0.5) is 0 Å². The molecular weight excluding hydrogens is 196 g/mol. The predicted octanol–water partition coefficient (Wildman–Crippen LogP) is 3.28. The Morgan fingerprint density at radius 1 is 1.12 bits per heavy atom. The highest BCUT2D eigenvalue weighted by molar-refractivity contribution is 5.45. The van der Waals surface area contributed by atoms with E-state index in [1.54, 1.807) is 0 Å². The minimum Gasteiger partial charge on any atom is -0.384 e. The first kappa shape index (κ1) is 12.8. The third-order valence-corrected chi connectivity index (χ3v) is 2.67. The Balaban J connectivity index is 3.19. The monoisotopic (exact) mass is 216 g/mol. The van der Waals surface area contributed by atoms with Gasteiger partial charge in [0.15, 0.2) is 0 Å². The van der Waals surface area contributed by atoms with E-state index in [4.69, 9.17) is 5.11 Å². The maximum Gasteiger partial charge on any atom is 0.104 e. The van der Waals surface area contributed by atoms with E-state index < -0.39 is 0 Å². The first-order valence-electron chi connectivity index (χ1n) is 5.79. The lowest BCUT2D eigenvalue weighted by atomic mass is 9.92. The summed E-state index contributed by atoms with van der Waals surface area (Å²) < 4.78 is 0. The number of benzene rings is 1. The lowest BCUT2D eigenvalue weighted by molar-refractivity contribution is 0.350. The van der Waals surface area contributed by atoms with Crippen LogP contribution in [0, 0.1) is 11.8 Å². The average Bonchev–Trinajstić information content (AvgIpc) is 2.25. The van der Waals surface area contributed by atoms with Gasteiger partial charge in [-0.1, -0.05) is 51.7 Å². The van der Waals surface area contributed by atoms with Crippen LogP contribution in [0.2, 0.25) is 0 Å². The zero-order chi connectivity index (χ0) is 12.1. The Bertz CT molecular complexity index is 405. The number of hydrogen-bond donors (Lipinski definition) is 1. The molecule has 0 aliphatic carbocycles. The van der Waals surface area contributed by atoms with Gasteiger partial charge in [-0.25, -0.2) is 0 Å². The minimum atomic E-state index is -0.0799. The second-order valence-corrected chi connectivity index (χ2v) is 4.62. The van der Waals surface area contributed by atoms with Crippen molar-refractivity contribution in [1.29, 1.82) is 0 Å². The Morgan fingerprint density at radius 2 is 1.81 bits per heavy atom. The Morgan fingerprint density at radius 3 is 2.31 bits per heavy atom. The van der Waals surface area contributed by atoms with E-state index in [1.165, 1.54) is 11.1 Å². The summed E-state index contributed by atoms with van der Waals surface area (Å²) in [7, 11) is 0. The molecule has 0 unspecified atom stereocenters. The van der Waals surface area contributed by atoms with Crippen molar-refractivity contribution in [2.45, 2.75) is 39.5 Å². The van der Waals surface area contributed by atoms with Gasteiger partial charge in [-0.15, -0.1) is 0 Å². The molecule has 0 fully saturated rings. The van der Waals surface area contributed by atoms with Gasteiger partial charge < -0.3 is 5.11 Å². The van der Waals surface area contributed by atoms with E-state index >= 15 is 0 Å². The molecule has 0 saturated heterocycles. The SMILES string of the molecule is CC(C)c1ccc(C#CCO)c(C(C)C)c1. The van der Waals surface area contributed by atoms with Crippen molar-refractivity contribution in [1.82, 2.24) is 0 Å². The molecular formula is C15H20O. The summed E-state index contributed by atoms with van der Waals surface area (Å²) in [6.45, 7) is 8.65. The van der Waals surface area contributed by atoms with Crippen LogP contribution in [0.15, 0.2) is 18.2 Å². The van der Waals surface area contributed by atoms with E-state index in [2.05, 4.69) is 57.7 Å². The summed E-state index contributed by atoms with van der Waals surface area (Å²) in [4.78, 5) is 0. The van der Waals surface area contributed by atoms with Crippen molar-refractivity contribution in [3.63, 3.8) is 0 Å². The third kappa shape index (κ3) is 3.12. The predicted molar refractivity (Wildman–Crippen MR) is 68.6 cm³/mol. The Hall–Kier alpha value is -1.26. The first-order valence-corrected chi connectivity index (χ1v) is 5.79. The number of hydrogen-bond acceptors (Lipinski definition) is 1. The van der Waals surface area contributed by atoms with Gasteiger partial charge in [0.1, 0.15) is 6.61 Å². The van der Waals surface area contributed by atoms with Gasteiger partial charge in [-0.3, -0.25) is 0 Å². The molecule has 0 saturated carbocycles. The maximum atomic E-state index is 8.73. The quantitative estimate of drug-likeness (QED) is 0.752. The molecule has 1 aromatic rings. The normalized spacial score (nSPS) is 10.4. The van der Waals surface area contributed by atoms with Gasteiger partial charge in [0, 0.05) is 5.56 Å². The van der Waals surface area contributed by atoms with Crippen molar-refractivity contribution in [3.8, 4) is 11.8 Å². The molecule has 0 aliphatic heterocycles. The molecule has 0 aromatic heterocycles. The zero-order valence-electron chi connectivity index (χ0n) is 10.5. The van der Waals surface area contributed by atoms with Crippen LogP contribution in [-0.4, -0.2) is 11.7 Å². The van der Waals surface area contributed by atoms with E-state index in [0.29, 0.717) is 11.8 Å². The Labute approximate surface area is 98.5 Å². The molecule has 0 atom stereocenters. The summed E-state index contributed by atoms with van der Waals surface area (Å²) in [6, 6.07) is 6.42. The number of aliphatic hydroxyl groups excluding tert-OH is 1. The molecule has 0 bridgehead atoms. The van der Waals surface area contributed by atoms with Crippen molar-refractivity contribution in [2.24, 2.45) is 0 Å². The number of aliphatic hydroxyl groups is 1. The van der Waals surface area contributed by atoms with Crippen molar-refractivity contribution in [2.75, 3.05) is 6.61 Å². The fraction of sp³-hybridized carbons (Fsp3) is 0.467. The molecule has 1 heteroatoms. The standard InChI is InChI=1S/C15H20O/c1-11(2)14-8-7-13(6-5-9-16)15(10-14)12(3)4/h7-8,10-12,16H,9H2,1-4H3. The van der Waals surface area contributed by atoms with Crippen LogP contribution in [0.5, 0.6) is 0 Å². The van der Waals surface area contributed by atoms with Crippen LogP contribution in [0.3, 0.4) is 0 Å². The molecule has 0 heterocycles. The van der Waals surface area contributed by atoms with Gasteiger partial charge >= 0.3 is 0 Å². The first-order chi connectivity index (χ1) is 7.56. The van der Waals surface area contributed by atoms with Crippen LogP contribution in [-0.2, 0) is 0 Å². The fourth-order valence-electron chi connectivity index (χ4n) is 1.67. The van der Waals surface area contributed by atoms with Crippen LogP contribution >= 0.6 is 0 Å². The molecule has 1 nitrogen and oxygen atoms in total. The summed E-state index contributed by atoms with van der Waals surface area (Å²) >= 11 is 0. The highest BCUT2D eigenvalue weighted by atomic mass is 16.2. The maximum absolute atomic E-state index is 8.73. The topological polar surface area (TPSA) is 20.2 Å². The van der Waals surface area contributed by atoms with Crippen LogP contribution in [0.25, 0.3) is 0 Å². The highest BCUT2D eigenvalue weighted by Crippen LogP contribution is 2.24. The molecule has 0 amide bonds. The molecule has 0 aliphatic rings. The van der Waals surface area contributed by atoms with Gasteiger partial charge in [0.2, 0.25) is 0 Å². The molecule has 0 spiro atoms. The lowest BCUT2D eigenvalue weighted by Crippen LogP contribution is -1.97. The van der Waals surface area contributed by atoms with E-state index in [9.17, 15) is 0 Å². The van der Waals surface area contributed by atoms with Crippen LogP contribution in [0.1, 0.15) is 56.2 Å². The minimum absolute atomic E-state index is 0.0799. The van der Waals surface area contributed by atoms with Crippen molar-refractivity contribution in [3.05, 3.63) is 34.9 Å². The van der Waals surface area contributed by atoms with Crippen LogP contribution < -0.4 is 0 Å². The van der Waals surface area contributed by atoms with Gasteiger partial charge in [0.05, 0.1) is 0 Å². The van der Waals surface area contributed by atoms with Crippen molar-refractivity contribution >= 4 is 0 Å². The molecule has 16 heavy (non-hydrogen) atoms. The average molecular weight is 216 g/mol. The molecule has 86 valence electrons. The lowest BCUT2D eigenvalue weighted by Gasteiger charge is -2.13. The molecule has 1 rings (SSSR count). The fourth-order valence-corrected chi connectivity index (χ4v) is 1.67. The largest absolute Gasteiger partial charge is 0.384 e.